The van der Waals surface area contributed by atoms with Crippen LogP contribution in [-0.2, 0) is 21.4 Å². The number of nitrogens with zero attached hydrogens (tertiary/aromatic N) is 2. The monoisotopic (exact) mass is 453 g/mol. The van der Waals surface area contributed by atoms with Crippen LogP contribution in [0.3, 0.4) is 0 Å². The van der Waals surface area contributed by atoms with Crippen molar-refractivity contribution in [2.45, 2.75) is 32.8 Å². The molecule has 0 fully saturated rings. The molecular formula is C24H24FN3O5. The lowest BCUT2D eigenvalue weighted by molar-refractivity contribution is -0.153. The molecule has 0 aliphatic rings. The first-order valence-corrected chi connectivity index (χ1v) is 10.3. The van der Waals surface area contributed by atoms with Crippen LogP contribution in [0.4, 0.5) is 10.1 Å². The molecule has 0 radical (unpaired) electrons. The van der Waals surface area contributed by atoms with Gasteiger partial charge in [0.15, 0.2) is 11.9 Å². The minimum Gasteiger partial charge on any atom is -0.453 e. The zero-order valence-corrected chi connectivity index (χ0v) is 18.5. The van der Waals surface area contributed by atoms with E-state index in [1.54, 1.807) is 42.9 Å². The molecule has 0 aliphatic heterocycles. The van der Waals surface area contributed by atoms with E-state index >= 15 is 0 Å². The Bertz CT molecular complexity index is 1230. The van der Waals surface area contributed by atoms with Gasteiger partial charge in [0.1, 0.15) is 11.5 Å². The van der Waals surface area contributed by atoms with E-state index in [2.05, 4.69) is 5.32 Å². The molecule has 9 heteroatoms. The van der Waals surface area contributed by atoms with Crippen molar-refractivity contribution < 1.29 is 23.5 Å². The van der Waals surface area contributed by atoms with Gasteiger partial charge in [-0.15, -0.1) is 0 Å². The molecule has 3 aromatic rings. The number of esters is 1. The number of amides is 1. The van der Waals surface area contributed by atoms with Crippen molar-refractivity contribution in [3.05, 3.63) is 82.0 Å². The number of carbonyl (C=O) groups excluding carboxylic acids is 3. The van der Waals surface area contributed by atoms with Gasteiger partial charge in [-0.1, -0.05) is 18.2 Å². The number of halogens is 1. The highest BCUT2D eigenvalue weighted by Gasteiger charge is 2.23. The minimum absolute atomic E-state index is 0.0840. The molecule has 0 saturated heterocycles. The number of rotatable bonds is 8. The molecule has 1 unspecified atom stereocenters. The Morgan fingerprint density at radius 2 is 1.67 bits per heavy atom. The highest BCUT2D eigenvalue weighted by Crippen LogP contribution is 2.15. The van der Waals surface area contributed by atoms with Gasteiger partial charge in [-0.2, -0.15) is 0 Å². The summed E-state index contributed by atoms with van der Waals surface area (Å²) in [5.41, 5.74) is 1.11. The van der Waals surface area contributed by atoms with Gasteiger partial charge in [-0.05, 0) is 50.2 Å². The number of hydrogen-bond acceptors (Lipinski definition) is 5. The van der Waals surface area contributed by atoms with Crippen molar-refractivity contribution in [2.75, 3.05) is 5.32 Å². The lowest BCUT2D eigenvalue weighted by Gasteiger charge is -2.13. The first-order chi connectivity index (χ1) is 15.7. The predicted octanol–water partition coefficient (Wildman–Crippen LogP) is 3.16. The van der Waals surface area contributed by atoms with Gasteiger partial charge in [0.25, 0.3) is 11.5 Å². The number of nitrogens with one attached hydrogen (secondary N) is 1. The average Bonchev–Trinajstić information content (AvgIpc) is 3.01. The normalized spacial score (nSPS) is 11.6. The summed E-state index contributed by atoms with van der Waals surface area (Å²) in [6, 6.07) is 14.0. The summed E-state index contributed by atoms with van der Waals surface area (Å²) >= 11 is 0. The van der Waals surface area contributed by atoms with Crippen LogP contribution >= 0.6 is 0 Å². The summed E-state index contributed by atoms with van der Waals surface area (Å²) < 4.78 is 21.1. The molecule has 1 N–H and O–H groups in total. The van der Waals surface area contributed by atoms with Crippen LogP contribution in [0.25, 0.3) is 5.69 Å². The summed E-state index contributed by atoms with van der Waals surface area (Å²) in [5.74, 6) is -2.21. The van der Waals surface area contributed by atoms with Crippen LogP contribution in [0, 0.1) is 12.7 Å². The predicted molar refractivity (Wildman–Crippen MR) is 120 cm³/mol. The molecular weight excluding hydrogens is 429 g/mol. The summed E-state index contributed by atoms with van der Waals surface area (Å²) in [4.78, 5) is 49.6. The van der Waals surface area contributed by atoms with Crippen molar-refractivity contribution >= 4 is 23.3 Å². The Balaban J connectivity index is 1.60. The summed E-state index contributed by atoms with van der Waals surface area (Å²) in [7, 11) is 1.70. The molecule has 1 amide bonds. The van der Waals surface area contributed by atoms with Crippen LogP contribution in [-0.4, -0.2) is 33.1 Å². The molecule has 0 bridgehead atoms. The van der Waals surface area contributed by atoms with Gasteiger partial charge in [0, 0.05) is 19.0 Å². The number of para-hydroxylation sites is 1. The average molecular weight is 453 g/mol. The minimum atomic E-state index is -1.18. The van der Waals surface area contributed by atoms with Gasteiger partial charge in [-0.25, -0.2) is 9.07 Å². The summed E-state index contributed by atoms with van der Waals surface area (Å²) in [6.45, 7) is 3.07. The second-order valence-electron chi connectivity index (χ2n) is 7.49. The van der Waals surface area contributed by atoms with Crippen LogP contribution < -0.4 is 10.9 Å². The molecule has 0 spiro atoms. The van der Waals surface area contributed by atoms with Gasteiger partial charge < -0.3 is 10.1 Å². The largest absolute Gasteiger partial charge is 0.453 e. The molecule has 0 aliphatic carbocycles. The molecule has 8 nitrogen and oxygen atoms in total. The molecule has 33 heavy (non-hydrogen) atoms. The Kier molecular flexibility index (Phi) is 7.22. The molecule has 1 heterocycles. The maximum Gasteiger partial charge on any atom is 0.307 e. The number of ether oxygens (including phenoxy) is 1. The van der Waals surface area contributed by atoms with Crippen molar-refractivity contribution in [1.82, 2.24) is 9.36 Å². The first kappa shape index (κ1) is 23.6. The molecule has 172 valence electrons. The van der Waals surface area contributed by atoms with E-state index in [-0.39, 0.29) is 29.9 Å². The fourth-order valence-corrected chi connectivity index (χ4v) is 3.24. The third-order valence-corrected chi connectivity index (χ3v) is 5.20. The molecule has 1 aromatic heterocycles. The van der Waals surface area contributed by atoms with E-state index in [1.165, 1.54) is 23.7 Å². The highest BCUT2D eigenvalue weighted by molar-refractivity contribution is 5.98. The van der Waals surface area contributed by atoms with Crippen LogP contribution in [0.5, 0.6) is 0 Å². The van der Waals surface area contributed by atoms with Crippen LogP contribution in [0.1, 0.15) is 35.8 Å². The first-order valence-electron chi connectivity index (χ1n) is 10.3. The third-order valence-electron chi connectivity index (χ3n) is 5.20. The topological polar surface area (TPSA) is 99.4 Å². The fraction of sp³-hybridized carbons (Fsp3) is 0.250. The second kappa shape index (κ2) is 10.1. The van der Waals surface area contributed by atoms with Crippen molar-refractivity contribution in [1.29, 1.82) is 0 Å². The number of hydrogen-bond donors (Lipinski definition) is 1. The Hall–Kier alpha value is -4.01. The quantitative estimate of drug-likeness (QED) is 0.417. The van der Waals surface area contributed by atoms with Gasteiger partial charge >= 0.3 is 5.97 Å². The van der Waals surface area contributed by atoms with E-state index in [0.717, 1.165) is 12.1 Å². The zero-order valence-electron chi connectivity index (χ0n) is 18.5. The van der Waals surface area contributed by atoms with Crippen LogP contribution in [0.2, 0.25) is 0 Å². The van der Waals surface area contributed by atoms with Crippen molar-refractivity contribution in [2.24, 2.45) is 7.05 Å². The fourth-order valence-electron chi connectivity index (χ4n) is 3.24. The smallest absolute Gasteiger partial charge is 0.307 e. The highest BCUT2D eigenvalue weighted by atomic mass is 19.1. The number of Topliss-reactive ketones (excluding diaryl/α,β-unsaturated/α-hetero) is 1. The molecule has 3 rings (SSSR count). The third kappa shape index (κ3) is 5.43. The Morgan fingerprint density at radius 3 is 2.30 bits per heavy atom. The maximum absolute atomic E-state index is 13.0. The lowest BCUT2D eigenvalue weighted by Crippen LogP contribution is -2.32. The zero-order chi connectivity index (χ0) is 24.1. The second-order valence-corrected chi connectivity index (χ2v) is 7.49. The van der Waals surface area contributed by atoms with Crippen molar-refractivity contribution in [3.8, 4) is 5.69 Å². The lowest BCUT2D eigenvalue weighted by atomic mass is 10.1. The van der Waals surface area contributed by atoms with E-state index in [4.69, 9.17) is 4.74 Å². The van der Waals surface area contributed by atoms with E-state index in [1.807, 2.05) is 6.07 Å². The van der Waals surface area contributed by atoms with Gasteiger partial charge in [-0.3, -0.25) is 23.9 Å². The molecule has 2 aromatic carbocycles. The number of carbonyl (C=O) groups is 3. The van der Waals surface area contributed by atoms with Crippen LogP contribution in [0.15, 0.2) is 59.4 Å². The Morgan fingerprint density at radius 1 is 1.03 bits per heavy atom. The molecule has 0 saturated carbocycles. The molecule has 1 atom stereocenters. The number of benzene rings is 2. The van der Waals surface area contributed by atoms with E-state index in [0.29, 0.717) is 11.4 Å². The standard InChI is InChI=1S/C24H24FN3O5/c1-15-22(24(32)28(27(15)3)19-7-5-4-6-8-19)26-23(31)16(2)33-21(30)14-13-20(29)17-9-11-18(25)12-10-17/h4-12,16H,13-14H2,1-3H3,(H,26,31). The maximum atomic E-state index is 13.0. The number of ketones is 1. The summed E-state index contributed by atoms with van der Waals surface area (Å²) in [6.07, 6.45) is -1.56. The van der Waals surface area contributed by atoms with E-state index < -0.39 is 29.4 Å². The SMILES string of the molecule is Cc1c(NC(=O)C(C)OC(=O)CCC(=O)c2ccc(F)cc2)c(=O)n(-c2ccccc2)n1C. The number of aromatic nitrogens is 2. The van der Waals surface area contributed by atoms with Gasteiger partial charge in [0.2, 0.25) is 0 Å². The Labute approximate surface area is 189 Å². The summed E-state index contributed by atoms with van der Waals surface area (Å²) in [5, 5.41) is 2.54. The van der Waals surface area contributed by atoms with E-state index in [9.17, 15) is 23.6 Å². The number of anilines is 1. The van der Waals surface area contributed by atoms with Gasteiger partial charge in [0.05, 0.1) is 17.8 Å². The van der Waals surface area contributed by atoms with Crippen molar-refractivity contribution in [3.63, 3.8) is 0 Å².